The third-order valence-corrected chi connectivity index (χ3v) is 7.03. The molecule has 4 nitrogen and oxygen atoms in total. The molecule has 2 aromatic rings. The van der Waals surface area contributed by atoms with Crippen molar-refractivity contribution in [1.82, 2.24) is 0 Å². The molecule has 0 radical (unpaired) electrons. The zero-order valence-corrected chi connectivity index (χ0v) is 20.7. The Bertz CT molecular complexity index is 1040. The summed E-state index contributed by atoms with van der Waals surface area (Å²) in [6.45, 7) is 7.89. The maximum atomic E-state index is 13.2. The zero-order valence-electron chi connectivity index (χ0n) is 19.9. The molecule has 1 aliphatic heterocycles. The second-order valence-corrected chi connectivity index (χ2v) is 9.67. The normalized spacial score (nSPS) is 17.5. The van der Waals surface area contributed by atoms with Gasteiger partial charge in [0.05, 0.1) is 5.56 Å². The van der Waals surface area contributed by atoms with Gasteiger partial charge in [0.1, 0.15) is 17.4 Å². The predicted octanol–water partition coefficient (Wildman–Crippen LogP) is 6.71. The summed E-state index contributed by atoms with van der Waals surface area (Å²) in [7, 11) is 1.52. The van der Waals surface area contributed by atoms with Crippen LogP contribution in [0.15, 0.2) is 47.1 Å². The topological polar surface area (TPSA) is 44.8 Å². The SMILES string of the molecule is COCOC1=C(c2c(C)cc(C)cc2C)C(=O)OC(C(C)CSc2ccc(C(F)(F)F)cc2)C1. The molecular formula is C26H29F3O4S. The Morgan fingerprint density at radius 1 is 1.12 bits per heavy atom. The van der Waals surface area contributed by atoms with Crippen molar-refractivity contribution in [3.8, 4) is 0 Å². The fourth-order valence-electron chi connectivity index (χ4n) is 4.11. The first-order valence-electron chi connectivity index (χ1n) is 11.0. The zero-order chi connectivity index (χ0) is 25.0. The van der Waals surface area contributed by atoms with Crippen molar-refractivity contribution in [1.29, 1.82) is 0 Å². The molecule has 2 atom stereocenters. The molecule has 3 rings (SSSR count). The largest absolute Gasteiger partial charge is 0.471 e. The van der Waals surface area contributed by atoms with Crippen molar-refractivity contribution in [2.75, 3.05) is 19.7 Å². The lowest BCUT2D eigenvalue weighted by Crippen LogP contribution is -2.33. The van der Waals surface area contributed by atoms with Crippen molar-refractivity contribution in [2.24, 2.45) is 5.92 Å². The molecule has 0 aromatic heterocycles. The number of thioether (sulfide) groups is 1. The van der Waals surface area contributed by atoms with E-state index >= 15 is 0 Å². The molecule has 0 fully saturated rings. The molecule has 0 saturated heterocycles. The van der Waals surface area contributed by atoms with E-state index in [1.165, 1.54) is 31.0 Å². The number of alkyl halides is 3. The summed E-state index contributed by atoms with van der Waals surface area (Å²) in [5.41, 5.74) is 3.59. The van der Waals surface area contributed by atoms with Crippen LogP contribution in [-0.4, -0.2) is 31.7 Å². The van der Waals surface area contributed by atoms with Crippen molar-refractivity contribution < 1.29 is 32.2 Å². The highest BCUT2D eigenvalue weighted by Gasteiger charge is 2.35. The Labute approximate surface area is 202 Å². The molecule has 0 amide bonds. The van der Waals surface area contributed by atoms with E-state index in [0.717, 1.165) is 39.3 Å². The van der Waals surface area contributed by atoms with Gasteiger partial charge in [0, 0.05) is 30.1 Å². The Hall–Kier alpha value is -2.45. The molecule has 0 spiro atoms. The van der Waals surface area contributed by atoms with Gasteiger partial charge in [-0.15, -0.1) is 11.8 Å². The number of carbonyl (C=O) groups excluding carboxylic acids is 1. The van der Waals surface area contributed by atoms with Gasteiger partial charge in [-0.05, 0) is 61.7 Å². The van der Waals surface area contributed by atoms with Gasteiger partial charge in [-0.3, -0.25) is 0 Å². The van der Waals surface area contributed by atoms with Crippen LogP contribution >= 0.6 is 11.8 Å². The molecule has 34 heavy (non-hydrogen) atoms. The van der Waals surface area contributed by atoms with Crippen LogP contribution in [-0.2, 0) is 25.2 Å². The average molecular weight is 495 g/mol. The van der Waals surface area contributed by atoms with Gasteiger partial charge < -0.3 is 14.2 Å². The number of methoxy groups -OCH3 is 1. The van der Waals surface area contributed by atoms with E-state index in [2.05, 4.69) is 0 Å². The Kier molecular flexibility index (Phi) is 8.36. The number of rotatable bonds is 8. The third kappa shape index (κ3) is 6.16. The smallest absolute Gasteiger partial charge is 0.416 e. The van der Waals surface area contributed by atoms with E-state index in [-0.39, 0.29) is 12.7 Å². The van der Waals surface area contributed by atoms with Crippen LogP contribution in [0.4, 0.5) is 13.2 Å². The highest BCUT2D eigenvalue weighted by molar-refractivity contribution is 7.99. The first-order chi connectivity index (χ1) is 16.0. The number of esters is 1. The highest BCUT2D eigenvalue weighted by Crippen LogP contribution is 2.37. The molecule has 2 unspecified atom stereocenters. The summed E-state index contributed by atoms with van der Waals surface area (Å²) in [5.74, 6) is 0.603. The van der Waals surface area contributed by atoms with E-state index in [1.54, 1.807) is 0 Å². The number of benzene rings is 2. The van der Waals surface area contributed by atoms with Gasteiger partial charge in [-0.2, -0.15) is 13.2 Å². The van der Waals surface area contributed by atoms with Crippen LogP contribution in [0.1, 0.15) is 41.2 Å². The molecule has 1 aliphatic rings. The minimum Gasteiger partial charge on any atom is -0.471 e. The van der Waals surface area contributed by atoms with Gasteiger partial charge in [-0.25, -0.2) is 4.79 Å². The van der Waals surface area contributed by atoms with Crippen molar-refractivity contribution in [3.05, 3.63) is 70.0 Å². The van der Waals surface area contributed by atoms with Gasteiger partial charge >= 0.3 is 12.1 Å². The molecule has 0 aliphatic carbocycles. The van der Waals surface area contributed by atoms with Crippen LogP contribution in [0, 0.1) is 26.7 Å². The summed E-state index contributed by atoms with van der Waals surface area (Å²) in [6, 6.07) is 9.11. The predicted molar refractivity (Wildman–Crippen MR) is 126 cm³/mol. The molecule has 0 saturated carbocycles. The first kappa shape index (κ1) is 26.2. The van der Waals surface area contributed by atoms with Gasteiger partial charge in [-0.1, -0.05) is 24.6 Å². The van der Waals surface area contributed by atoms with Crippen LogP contribution in [0.3, 0.4) is 0 Å². The second kappa shape index (κ2) is 10.9. The number of cyclic esters (lactones) is 1. The fourth-order valence-corrected chi connectivity index (χ4v) is 5.10. The quantitative estimate of drug-likeness (QED) is 0.232. The van der Waals surface area contributed by atoms with Gasteiger partial charge in [0.25, 0.3) is 0 Å². The lowest BCUT2D eigenvalue weighted by atomic mass is 9.89. The third-order valence-electron chi connectivity index (χ3n) is 5.74. The highest BCUT2D eigenvalue weighted by atomic mass is 32.2. The van der Waals surface area contributed by atoms with Crippen LogP contribution < -0.4 is 0 Å². The molecule has 8 heteroatoms. The maximum absolute atomic E-state index is 13.2. The number of ether oxygens (including phenoxy) is 3. The van der Waals surface area contributed by atoms with E-state index < -0.39 is 23.8 Å². The van der Waals surface area contributed by atoms with E-state index in [9.17, 15) is 18.0 Å². The standard InChI is InChI=1S/C26H29F3O4S/c1-15-10-16(2)23(17(3)11-15)24-22(32-14-31-5)12-21(33-25(24)30)18(4)13-34-20-8-6-19(7-9-20)26(27,28)29/h6-11,18,21H,12-14H2,1-5H3. The summed E-state index contributed by atoms with van der Waals surface area (Å²) < 4.78 is 55.1. The fraction of sp³-hybridized carbons (Fsp3) is 0.423. The molecule has 0 bridgehead atoms. The molecule has 0 N–H and O–H groups in total. The van der Waals surface area contributed by atoms with Crippen molar-refractivity contribution in [2.45, 2.75) is 51.3 Å². The Morgan fingerprint density at radius 3 is 2.29 bits per heavy atom. The number of hydrogen-bond donors (Lipinski definition) is 0. The number of aryl methyl sites for hydroxylation is 3. The van der Waals surface area contributed by atoms with Gasteiger partial charge in [0.2, 0.25) is 0 Å². The van der Waals surface area contributed by atoms with E-state index in [0.29, 0.717) is 23.5 Å². The summed E-state index contributed by atoms with van der Waals surface area (Å²) in [4.78, 5) is 13.9. The number of halogens is 3. The minimum absolute atomic E-state index is 0.0114. The van der Waals surface area contributed by atoms with Crippen LogP contribution in [0.5, 0.6) is 0 Å². The van der Waals surface area contributed by atoms with Gasteiger partial charge in [0.15, 0.2) is 6.79 Å². The molecule has 184 valence electrons. The number of hydrogen-bond acceptors (Lipinski definition) is 5. The van der Waals surface area contributed by atoms with E-state index in [1.807, 2.05) is 39.8 Å². The van der Waals surface area contributed by atoms with E-state index in [4.69, 9.17) is 14.2 Å². The first-order valence-corrected chi connectivity index (χ1v) is 11.9. The van der Waals surface area contributed by atoms with Crippen molar-refractivity contribution >= 4 is 23.3 Å². The maximum Gasteiger partial charge on any atom is 0.416 e. The lowest BCUT2D eigenvalue weighted by molar-refractivity contribution is -0.146. The Balaban J connectivity index is 1.78. The van der Waals surface area contributed by atoms with Crippen LogP contribution in [0.25, 0.3) is 5.57 Å². The number of carbonyl (C=O) groups is 1. The Morgan fingerprint density at radius 2 is 1.74 bits per heavy atom. The molecule has 1 heterocycles. The summed E-state index contributed by atoms with van der Waals surface area (Å²) in [5, 5.41) is 0. The minimum atomic E-state index is -4.36. The average Bonchev–Trinajstić information content (AvgIpc) is 2.76. The monoisotopic (exact) mass is 494 g/mol. The van der Waals surface area contributed by atoms with Crippen LogP contribution in [0.2, 0.25) is 0 Å². The molecular weight excluding hydrogens is 465 g/mol. The summed E-state index contributed by atoms with van der Waals surface area (Å²) in [6.07, 6.45) is -4.38. The lowest BCUT2D eigenvalue weighted by Gasteiger charge is -2.31. The van der Waals surface area contributed by atoms with Crippen molar-refractivity contribution in [3.63, 3.8) is 0 Å². The summed E-state index contributed by atoms with van der Waals surface area (Å²) >= 11 is 1.43. The molecule has 2 aromatic carbocycles. The second-order valence-electron chi connectivity index (χ2n) is 8.58.